The number of hydrogen-bond donors (Lipinski definition) is 0. The van der Waals surface area contributed by atoms with Crippen molar-refractivity contribution in [2.24, 2.45) is 49.3 Å². The Labute approximate surface area is 490 Å². The SMILES string of the molecule is C.C.C.C.C.C.C.CCCCn1cc[n+](C)c1.CCCCn1cc[n+](C)c1.CCCCn1cc[n+](C)c1.CCCCn1cc[n+](C)c1.CCCCn1cc[n+](C)c1.CCCCn1cc[n+](C)c1.CCCCn1cc[n+](C)c1.[Cl-]. The molecule has 7 heterocycles. The highest BCUT2D eigenvalue weighted by molar-refractivity contribution is 4.69. The average Bonchev–Trinajstić information content (AvgIpc) is 4.24. The molecule has 0 unspecified atom stereocenters. The molecule has 7 rings (SSSR count). The Balaban J connectivity index is -0.000000120. The van der Waals surface area contributed by atoms with E-state index in [1.54, 1.807) is 0 Å². The number of halogens is 1. The van der Waals surface area contributed by atoms with Crippen LogP contribution >= 0.6 is 0 Å². The molecule has 456 valence electrons. The van der Waals surface area contributed by atoms with Crippen LogP contribution in [0.1, 0.15) is 190 Å². The third-order valence-corrected chi connectivity index (χ3v) is 11.2. The van der Waals surface area contributed by atoms with Crippen LogP contribution < -0.4 is 44.4 Å². The Morgan fingerprint density at radius 3 is 0.385 bits per heavy atom. The van der Waals surface area contributed by atoms with Crippen molar-refractivity contribution >= 4 is 0 Å². The number of imidazole rings is 7. The molecule has 0 fully saturated rings. The highest BCUT2D eigenvalue weighted by Gasteiger charge is 2.01. The summed E-state index contributed by atoms with van der Waals surface area (Å²) in [4.78, 5) is 0. The molecular formula is C63H133ClN14+6. The lowest BCUT2D eigenvalue weighted by Gasteiger charge is -1.90. The number of aryl methyl sites for hydroxylation is 14. The normalized spacial score (nSPS) is 9.15. The van der Waals surface area contributed by atoms with Gasteiger partial charge >= 0.3 is 0 Å². The van der Waals surface area contributed by atoms with Crippen LogP contribution in [-0.4, -0.2) is 32.0 Å². The van der Waals surface area contributed by atoms with E-state index in [9.17, 15) is 0 Å². The van der Waals surface area contributed by atoms with Crippen LogP contribution in [0.5, 0.6) is 0 Å². The van der Waals surface area contributed by atoms with E-state index in [2.05, 4.69) is 243 Å². The fourth-order valence-corrected chi connectivity index (χ4v) is 6.82. The molecule has 0 aliphatic heterocycles. The van der Waals surface area contributed by atoms with Gasteiger partial charge in [0.15, 0.2) is 0 Å². The van der Waals surface area contributed by atoms with E-state index in [4.69, 9.17) is 0 Å². The second-order valence-electron chi connectivity index (χ2n) is 18.7. The Kier molecular flexibility index (Phi) is 66.3. The lowest BCUT2D eigenvalue weighted by atomic mass is 10.3. The predicted octanol–water partition coefficient (Wildman–Crippen LogP) is 9.25. The number of rotatable bonds is 21. The molecule has 78 heavy (non-hydrogen) atoms. The maximum atomic E-state index is 2.21. The van der Waals surface area contributed by atoms with E-state index in [0.29, 0.717) is 0 Å². The van der Waals surface area contributed by atoms with Gasteiger partial charge in [-0.05, 0) is 44.9 Å². The van der Waals surface area contributed by atoms with Gasteiger partial charge in [-0.25, -0.2) is 63.9 Å². The Hall–Kier alpha value is -5.24. The maximum absolute atomic E-state index is 2.21. The van der Waals surface area contributed by atoms with Crippen molar-refractivity contribution in [2.75, 3.05) is 0 Å². The van der Waals surface area contributed by atoms with Gasteiger partial charge in [-0.3, -0.25) is 0 Å². The summed E-state index contributed by atoms with van der Waals surface area (Å²) in [6, 6.07) is 0. The Morgan fingerprint density at radius 2 is 0.321 bits per heavy atom. The van der Waals surface area contributed by atoms with E-state index in [1.165, 1.54) is 89.9 Å². The molecule has 0 aliphatic carbocycles. The number of aromatic nitrogens is 14. The summed E-state index contributed by atoms with van der Waals surface area (Å²) in [5, 5.41) is 0. The quantitative estimate of drug-likeness (QED) is 0.0646. The van der Waals surface area contributed by atoms with Gasteiger partial charge in [0.25, 0.3) is 0 Å². The van der Waals surface area contributed by atoms with Gasteiger partial charge < -0.3 is 12.4 Å². The molecule has 0 aliphatic rings. The second kappa shape index (κ2) is 57.9. The third-order valence-electron chi connectivity index (χ3n) is 11.2. The van der Waals surface area contributed by atoms with Crippen molar-refractivity contribution < 1.29 is 44.4 Å². The fraction of sp³-hybridized carbons (Fsp3) is 0.667. The summed E-state index contributed by atoms with van der Waals surface area (Å²) in [5.74, 6) is 0. The summed E-state index contributed by atoms with van der Waals surface area (Å²) in [5.41, 5.74) is 0. The maximum Gasteiger partial charge on any atom is 0.243 e. The zero-order chi connectivity index (χ0) is 51.8. The highest BCUT2D eigenvalue weighted by Crippen LogP contribution is 1.96. The summed E-state index contributed by atoms with van der Waals surface area (Å²) in [6.07, 6.45) is 61.7. The molecule has 7 aromatic rings. The van der Waals surface area contributed by atoms with E-state index in [0.717, 1.165) is 45.8 Å². The van der Waals surface area contributed by atoms with Crippen LogP contribution in [0.2, 0.25) is 0 Å². The molecule has 0 amide bonds. The molecule has 0 radical (unpaired) electrons. The zero-order valence-corrected chi connectivity index (χ0v) is 48.4. The second-order valence-corrected chi connectivity index (χ2v) is 18.7. The summed E-state index contributed by atoms with van der Waals surface area (Å²) < 4.78 is 29.9. The number of hydrogen-bond acceptors (Lipinski definition) is 0. The van der Waals surface area contributed by atoms with Crippen LogP contribution in [0.25, 0.3) is 0 Å². The molecule has 0 N–H and O–H groups in total. The minimum atomic E-state index is 0. The van der Waals surface area contributed by atoms with Crippen molar-refractivity contribution in [3.63, 3.8) is 0 Å². The average molecular weight is 1120 g/mol. The first kappa shape index (κ1) is 89.3. The van der Waals surface area contributed by atoms with Crippen molar-refractivity contribution in [2.45, 2.75) is 236 Å². The minimum absolute atomic E-state index is 0. The van der Waals surface area contributed by atoms with Crippen LogP contribution in [0, 0.1) is 0 Å². The van der Waals surface area contributed by atoms with Crippen molar-refractivity contribution in [1.29, 1.82) is 0 Å². The van der Waals surface area contributed by atoms with Gasteiger partial charge in [-0.1, -0.05) is 145 Å². The van der Waals surface area contributed by atoms with Crippen molar-refractivity contribution in [1.82, 2.24) is 32.0 Å². The summed E-state index contributed by atoms with van der Waals surface area (Å²) in [7, 11) is 14.3. The topological polar surface area (TPSA) is 61.7 Å². The van der Waals surface area contributed by atoms with Crippen LogP contribution in [-0.2, 0) is 95.1 Å². The summed E-state index contributed by atoms with van der Waals surface area (Å²) >= 11 is 0. The highest BCUT2D eigenvalue weighted by atomic mass is 35.5. The van der Waals surface area contributed by atoms with E-state index in [1.807, 2.05) is 49.3 Å². The molecule has 15 heteroatoms. The van der Waals surface area contributed by atoms with Gasteiger partial charge in [0.1, 0.15) is 86.8 Å². The predicted molar refractivity (Wildman–Crippen MR) is 331 cm³/mol. The van der Waals surface area contributed by atoms with Crippen molar-refractivity contribution in [3.8, 4) is 0 Å². The third kappa shape index (κ3) is 46.8. The fourth-order valence-electron chi connectivity index (χ4n) is 6.82. The van der Waals surface area contributed by atoms with Crippen LogP contribution in [0.4, 0.5) is 0 Å². The minimum Gasteiger partial charge on any atom is -1.00 e. The first-order valence-electron chi connectivity index (χ1n) is 26.9. The van der Waals surface area contributed by atoms with Gasteiger partial charge in [-0.2, -0.15) is 0 Å². The molecule has 7 aromatic heterocycles. The number of nitrogens with zero attached hydrogens (tertiary/aromatic N) is 14. The van der Waals surface area contributed by atoms with Gasteiger partial charge in [0.2, 0.25) is 44.3 Å². The molecule has 0 spiro atoms. The van der Waals surface area contributed by atoms with Gasteiger partial charge in [0.05, 0.1) is 95.1 Å². The first-order chi connectivity index (χ1) is 33.8. The van der Waals surface area contributed by atoms with E-state index < -0.39 is 0 Å². The zero-order valence-electron chi connectivity index (χ0n) is 47.6. The molecule has 0 saturated heterocycles. The Morgan fingerprint density at radius 1 is 0.218 bits per heavy atom. The molecular weight excluding hydrogens is 988 g/mol. The van der Waals surface area contributed by atoms with Gasteiger partial charge in [-0.15, -0.1) is 0 Å². The van der Waals surface area contributed by atoms with E-state index in [-0.39, 0.29) is 64.4 Å². The van der Waals surface area contributed by atoms with Crippen molar-refractivity contribution in [3.05, 3.63) is 131 Å². The molecule has 0 bridgehead atoms. The Bertz CT molecular complexity index is 1780. The monoisotopic (exact) mass is 1120 g/mol. The molecule has 0 atom stereocenters. The molecule has 14 nitrogen and oxygen atoms in total. The van der Waals surface area contributed by atoms with Gasteiger partial charge in [0, 0.05) is 0 Å². The lowest BCUT2D eigenvalue weighted by Crippen LogP contribution is -3.00. The summed E-state index contributed by atoms with van der Waals surface area (Å²) in [6.45, 7) is 23.5. The molecule has 0 aromatic carbocycles. The largest absolute Gasteiger partial charge is 1.00 e. The standard InChI is InChI=1S/7C8H15N2.7CH4.ClH/c7*1-3-4-5-10-7-6-9(2)8-10;;;;;;;;/h7*6-8H,3-5H2,1-2H3;7*1H4;1H/q7*+1;;;;;;;;/p-1. The smallest absolute Gasteiger partial charge is 0.243 e. The first-order valence-corrected chi connectivity index (χ1v) is 26.9. The van der Waals surface area contributed by atoms with E-state index >= 15 is 0 Å². The molecule has 0 saturated carbocycles. The number of unbranched alkanes of at least 4 members (excludes halogenated alkanes) is 7. The van der Waals surface area contributed by atoms with Crippen LogP contribution in [0.15, 0.2) is 131 Å². The lowest BCUT2D eigenvalue weighted by molar-refractivity contribution is -0.671. The van der Waals surface area contributed by atoms with Crippen LogP contribution in [0.3, 0.4) is 0 Å².